The molecule has 0 spiro atoms. The molecule has 0 saturated carbocycles. The highest BCUT2D eigenvalue weighted by atomic mass is 16.9. The molecular weight excluding hydrogens is 284 g/mol. The van der Waals surface area contributed by atoms with Gasteiger partial charge in [-0.25, -0.2) is 4.68 Å². The quantitative estimate of drug-likeness (QED) is 0.580. The average molecular weight is 298 g/mol. The Hall–Kier alpha value is -3.22. The van der Waals surface area contributed by atoms with E-state index < -0.39 is 5.09 Å². The first-order valence-electron chi connectivity index (χ1n) is 6.43. The van der Waals surface area contributed by atoms with Crippen molar-refractivity contribution in [2.24, 2.45) is 0 Å². The number of benzene rings is 1. The third kappa shape index (κ3) is 3.89. The zero-order chi connectivity index (χ0) is 15.9. The predicted octanol–water partition coefficient (Wildman–Crippen LogP) is 2.90. The van der Waals surface area contributed by atoms with E-state index in [1.54, 1.807) is 12.4 Å². The summed E-state index contributed by atoms with van der Waals surface area (Å²) in [6.45, 7) is 2.00. The summed E-state index contributed by atoms with van der Waals surface area (Å²) in [5.41, 5.74) is 4.28. The fourth-order valence-corrected chi connectivity index (χ4v) is 1.99. The second-order valence-electron chi connectivity index (χ2n) is 4.39. The Morgan fingerprint density at radius 2 is 1.73 bits per heavy atom. The van der Waals surface area contributed by atoms with E-state index in [0.717, 1.165) is 22.6 Å². The van der Waals surface area contributed by atoms with Crippen LogP contribution in [0.1, 0.15) is 5.69 Å². The summed E-state index contributed by atoms with van der Waals surface area (Å²) >= 11 is 0. The van der Waals surface area contributed by atoms with Crippen molar-refractivity contribution in [2.75, 3.05) is 0 Å². The van der Waals surface area contributed by atoms with Crippen LogP contribution in [0.15, 0.2) is 60.9 Å². The summed E-state index contributed by atoms with van der Waals surface area (Å²) in [7, 11) is 0. The fraction of sp³-hybridized carbons (Fsp3) is 0.0667. The Balaban J connectivity index is 0.000000396. The molecule has 0 aliphatic rings. The Kier molecular flexibility index (Phi) is 4.81. The van der Waals surface area contributed by atoms with Gasteiger partial charge in [0.1, 0.15) is 0 Å². The molecule has 2 heterocycles. The van der Waals surface area contributed by atoms with Crippen LogP contribution in [0.3, 0.4) is 0 Å². The second kappa shape index (κ2) is 6.98. The van der Waals surface area contributed by atoms with Crippen LogP contribution in [-0.4, -0.2) is 25.1 Å². The average Bonchev–Trinajstić information content (AvgIpc) is 2.90. The van der Waals surface area contributed by atoms with E-state index >= 15 is 0 Å². The molecule has 0 amide bonds. The third-order valence-corrected chi connectivity index (χ3v) is 2.81. The van der Waals surface area contributed by atoms with Crippen LogP contribution in [0.4, 0.5) is 0 Å². The molecule has 3 rings (SSSR count). The van der Waals surface area contributed by atoms with Gasteiger partial charge in [0.25, 0.3) is 5.09 Å². The van der Waals surface area contributed by atoms with Gasteiger partial charge in [0, 0.05) is 18.0 Å². The highest BCUT2D eigenvalue weighted by molar-refractivity contribution is 5.61. The molecule has 0 fully saturated rings. The molecule has 1 N–H and O–H groups in total. The van der Waals surface area contributed by atoms with Gasteiger partial charge in [0.15, 0.2) is 0 Å². The maximum absolute atomic E-state index is 8.36. The van der Waals surface area contributed by atoms with Crippen molar-refractivity contribution < 1.29 is 10.3 Å². The maximum Gasteiger partial charge on any atom is 0.291 e. The lowest BCUT2D eigenvalue weighted by Crippen LogP contribution is -1.98. The van der Waals surface area contributed by atoms with Gasteiger partial charge in [-0.15, -0.1) is 10.1 Å². The molecule has 22 heavy (non-hydrogen) atoms. The van der Waals surface area contributed by atoms with E-state index in [9.17, 15) is 0 Å². The molecule has 0 aliphatic heterocycles. The van der Waals surface area contributed by atoms with Crippen molar-refractivity contribution in [2.45, 2.75) is 6.92 Å². The zero-order valence-corrected chi connectivity index (χ0v) is 11.8. The van der Waals surface area contributed by atoms with Crippen LogP contribution >= 0.6 is 0 Å². The first-order valence-corrected chi connectivity index (χ1v) is 6.43. The molecule has 0 atom stereocenters. The van der Waals surface area contributed by atoms with Gasteiger partial charge in [-0.3, -0.25) is 4.98 Å². The van der Waals surface area contributed by atoms with Crippen molar-refractivity contribution in [1.29, 1.82) is 0 Å². The lowest BCUT2D eigenvalue weighted by molar-refractivity contribution is -0.742. The Labute approximate surface area is 126 Å². The van der Waals surface area contributed by atoms with Crippen molar-refractivity contribution in [1.82, 2.24) is 14.8 Å². The molecule has 0 radical (unpaired) electrons. The van der Waals surface area contributed by atoms with Gasteiger partial charge < -0.3 is 5.21 Å². The maximum atomic E-state index is 8.36. The van der Waals surface area contributed by atoms with E-state index in [1.807, 2.05) is 41.9 Å². The normalized spacial score (nSPS) is 9.68. The summed E-state index contributed by atoms with van der Waals surface area (Å²) in [4.78, 5) is 12.4. The fourth-order valence-electron chi connectivity index (χ4n) is 1.99. The van der Waals surface area contributed by atoms with Crippen molar-refractivity contribution in [3.8, 4) is 16.9 Å². The minimum Gasteiger partial charge on any atom is -0.328 e. The number of aryl methyl sites for hydroxylation is 1. The summed E-state index contributed by atoms with van der Waals surface area (Å²) in [6, 6.07) is 16.2. The summed E-state index contributed by atoms with van der Waals surface area (Å²) in [5.74, 6) is 0. The molecule has 3 aromatic rings. The van der Waals surface area contributed by atoms with Gasteiger partial charge in [0.2, 0.25) is 0 Å². The number of nitrogens with zero attached hydrogens (tertiary/aromatic N) is 4. The van der Waals surface area contributed by atoms with Gasteiger partial charge in [-0.2, -0.15) is 5.10 Å². The smallest absolute Gasteiger partial charge is 0.291 e. The van der Waals surface area contributed by atoms with Gasteiger partial charge in [-0.05, 0) is 37.3 Å². The molecule has 0 unspecified atom stereocenters. The molecular formula is C15H14N4O3. The van der Waals surface area contributed by atoms with Gasteiger partial charge in [0.05, 0.1) is 17.1 Å². The number of pyridine rings is 1. The lowest BCUT2D eigenvalue weighted by Gasteiger charge is -2.06. The van der Waals surface area contributed by atoms with E-state index in [-0.39, 0.29) is 0 Å². The minimum atomic E-state index is -1.50. The number of hydrogen-bond donors (Lipinski definition) is 1. The molecule has 7 heteroatoms. The highest BCUT2D eigenvalue weighted by Gasteiger charge is 2.08. The van der Waals surface area contributed by atoms with Crippen molar-refractivity contribution in [3.05, 3.63) is 76.7 Å². The van der Waals surface area contributed by atoms with Crippen LogP contribution in [0.5, 0.6) is 0 Å². The number of rotatable bonds is 2. The van der Waals surface area contributed by atoms with Crippen LogP contribution in [-0.2, 0) is 0 Å². The third-order valence-electron chi connectivity index (χ3n) is 2.81. The number of aromatic nitrogens is 3. The van der Waals surface area contributed by atoms with E-state index in [1.165, 1.54) is 0 Å². The molecule has 112 valence electrons. The monoisotopic (exact) mass is 298 g/mol. The van der Waals surface area contributed by atoms with Gasteiger partial charge in [-0.1, -0.05) is 18.2 Å². The largest absolute Gasteiger partial charge is 0.328 e. The first-order chi connectivity index (χ1) is 10.6. The van der Waals surface area contributed by atoms with Crippen molar-refractivity contribution in [3.63, 3.8) is 0 Å². The summed E-state index contributed by atoms with van der Waals surface area (Å²) < 4.78 is 1.96. The topological polar surface area (TPSA) is 94.1 Å². The lowest BCUT2D eigenvalue weighted by atomic mass is 10.2. The van der Waals surface area contributed by atoms with E-state index in [0.29, 0.717) is 0 Å². The Morgan fingerprint density at radius 1 is 1.14 bits per heavy atom. The van der Waals surface area contributed by atoms with Crippen LogP contribution < -0.4 is 0 Å². The van der Waals surface area contributed by atoms with Crippen LogP contribution in [0.2, 0.25) is 0 Å². The van der Waals surface area contributed by atoms with E-state index in [4.69, 9.17) is 15.3 Å². The van der Waals surface area contributed by atoms with Gasteiger partial charge >= 0.3 is 0 Å². The first kappa shape index (κ1) is 15.2. The number of para-hydroxylation sites is 1. The Morgan fingerprint density at radius 3 is 2.32 bits per heavy atom. The Bertz CT molecular complexity index is 681. The minimum absolute atomic E-state index is 1.01. The summed E-state index contributed by atoms with van der Waals surface area (Å²) in [5, 5.41) is 18.2. The van der Waals surface area contributed by atoms with Crippen molar-refractivity contribution >= 4 is 0 Å². The molecule has 0 saturated heterocycles. The highest BCUT2D eigenvalue weighted by Crippen LogP contribution is 2.22. The SMILES string of the molecule is Cc1cc(-c2ccncc2)n(-c2ccccc2)n1.O=[N+]([O-])O. The molecule has 0 aliphatic carbocycles. The second-order valence-corrected chi connectivity index (χ2v) is 4.39. The molecule has 7 nitrogen and oxygen atoms in total. The van der Waals surface area contributed by atoms with Crippen LogP contribution in [0.25, 0.3) is 16.9 Å². The standard InChI is InChI=1S/C15H13N3.HNO3/c1-12-11-15(13-7-9-16-10-8-13)18(17-12)14-5-3-2-4-6-14;2-1(3)4/h2-11H,1H3;(H,2,3,4). The van der Waals surface area contributed by atoms with E-state index in [2.05, 4.69) is 28.3 Å². The summed E-state index contributed by atoms with van der Waals surface area (Å²) in [6.07, 6.45) is 3.60. The molecule has 1 aromatic carbocycles. The number of hydrogen-bond acceptors (Lipinski definition) is 4. The molecule has 2 aromatic heterocycles. The molecule has 0 bridgehead atoms. The zero-order valence-electron chi connectivity index (χ0n) is 11.8. The predicted molar refractivity (Wildman–Crippen MR) is 80.3 cm³/mol. The van der Waals surface area contributed by atoms with Crippen LogP contribution in [0, 0.1) is 17.0 Å².